The van der Waals surface area contributed by atoms with Crippen molar-refractivity contribution in [1.82, 2.24) is 19.9 Å². The second kappa shape index (κ2) is 9.69. The number of carbonyl (C=O) groups excluding carboxylic acids is 2. The molecule has 0 radical (unpaired) electrons. The minimum Gasteiger partial charge on any atom is -0.475 e. The van der Waals surface area contributed by atoms with Crippen LogP contribution >= 0.6 is 11.3 Å². The number of aryl methyl sites for hydroxylation is 1. The SMILES string of the molecule is Cc1cn2c(n1)[C@H](C)C[C@H](C(=O)NCC(=O)Nc1nccs1)C2.O=C(O)C(F)(F)F. The number of carboxylic acids is 1. The summed E-state index contributed by atoms with van der Waals surface area (Å²) >= 11 is 1.34. The molecule has 3 rings (SSSR count). The molecule has 0 unspecified atom stereocenters. The summed E-state index contributed by atoms with van der Waals surface area (Å²) in [4.78, 5) is 41.5. The largest absolute Gasteiger partial charge is 0.490 e. The van der Waals surface area contributed by atoms with Crippen molar-refractivity contribution >= 4 is 34.3 Å². The van der Waals surface area contributed by atoms with Gasteiger partial charge in [0.2, 0.25) is 11.8 Å². The second-order valence-electron chi connectivity index (χ2n) is 6.63. The number of rotatable bonds is 4. The Hall–Kier alpha value is -2.96. The Morgan fingerprint density at radius 3 is 2.60 bits per heavy atom. The Bertz CT molecular complexity index is 898. The molecule has 3 N–H and O–H groups in total. The number of nitrogens with zero attached hydrogens (tertiary/aromatic N) is 3. The van der Waals surface area contributed by atoms with Crippen molar-refractivity contribution < 1.29 is 32.7 Å². The number of aromatic nitrogens is 3. The first-order valence-electron chi connectivity index (χ1n) is 8.78. The van der Waals surface area contributed by atoms with Gasteiger partial charge in [-0.05, 0) is 13.3 Å². The molecule has 9 nitrogen and oxygen atoms in total. The predicted molar refractivity (Wildman–Crippen MR) is 101 cm³/mol. The van der Waals surface area contributed by atoms with Gasteiger partial charge in [-0.2, -0.15) is 13.2 Å². The lowest BCUT2D eigenvalue weighted by atomic mass is 9.91. The van der Waals surface area contributed by atoms with Crippen LogP contribution in [0.1, 0.15) is 30.8 Å². The van der Waals surface area contributed by atoms with E-state index in [2.05, 4.69) is 27.5 Å². The molecule has 2 aromatic rings. The molecule has 0 aromatic carbocycles. The second-order valence-corrected chi connectivity index (χ2v) is 7.53. The predicted octanol–water partition coefficient (Wildman–Crippen LogP) is 2.16. The van der Waals surface area contributed by atoms with Gasteiger partial charge in [-0.3, -0.25) is 9.59 Å². The molecule has 0 saturated heterocycles. The summed E-state index contributed by atoms with van der Waals surface area (Å²) in [7, 11) is 0. The quantitative estimate of drug-likeness (QED) is 0.659. The van der Waals surface area contributed by atoms with E-state index in [1.165, 1.54) is 11.3 Å². The van der Waals surface area contributed by atoms with Crippen molar-refractivity contribution in [1.29, 1.82) is 0 Å². The van der Waals surface area contributed by atoms with Gasteiger partial charge in [-0.1, -0.05) is 6.92 Å². The Morgan fingerprint density at radius 1 is 1.37 bits per heavy atom. The third-order valence-electron chi connectivity index (χ3n) is 4.14. The maximum Gasteiger partial charge on any atom is 0.490 e. The van der Waals surface area contributed by atoms with Crippen LogP contribution in [-0.2, 0) is 20.9 Å². The van der Waals surface area contributed by atoms with Gasteiger partial charge in [-0.25, -0.2) is 14.8 Å². The number of hydrogen-bond acceptors (Lipinski definition) is 6. The van der Waals surface area contributed by atoms with Gasteiger partial charge in [0.1, 0.15) is 5.82 Å². The van der Waals surface area contributed by atoms with Gasteiger partial charge in [0.25, 0.3) is 0 Å². The van der Waals surface area contributed by atoms with E-state index >= 15 is 0 Å². The summed E-state index contributed by atoms with van der Waals surface area (Å²) in [6.07, 6.45) is -0.746. The molecule has 0 spiro atoms. The summed E-state index contributed by atoms with van der Waals surface area (Å²) < 4.78 is 33.8. The number of halogens is 3. The Kier molecular flexibility index (Phi) is 7.54. The lowest BCUT2D eigenvalue weighted by Gasteiger charge is -2.27. The van der Waals surface area contributed by atoms with E-state index < -0.39 is 12.1 Å². The van der Waals surface area contributed by atoms with Gasteiger partial charge >= 0.3 is 12.1 Å². The molecule has 30 heavy (non-hydrogen) atoms. The molecule has 2 atom stereocenters. The maximum atomic E-state index is 12.3. The summed E-state index contributed by atoms with van der Waals surface area (Å²) in [5, 5.41) is 14.8. The fourth-order valence-electron chi connectivity index (χ4n) is 2.90. The number of alkyl halides is 3. The average Bonchev–Trinajstić information content (AvgIpc) is 3.28. The van der Waals surface area contributed by atoms with Gasteiger partial charge < -0.3 is 20.3 Å². The number of hydrogen-bond donors (Lipinski definition) is 3. The highest BCUT2D eigenvalue weighted by Gasteiger charge is 2.38. The first-order valence-corrected chi connectivity index (χ1v) is 9.66. The third kappa shape index (κ3) is 6.54. The molecule has 164 valence electrons. The van der Waals surface area contributed by atoms with Gasteiger partial charge in [0.05, 0.1) is 18.2 Å². The molecule has 0 bridgehead atoms. The van der Waals surface area contributed by atoms with Crippen LogP contribution in [0.3, 0.4) is 0 Å². The normalized spacial score (nSPS) is 17.9. The molecule has 2 aromatic heterocycles. The first kappa shape index (κ1) is 23.3. The van der Waals surface area contributed by atoms with Crippen molar-refractivity contribution in [3.8, 4) is 0 Å². The standard InChI is InChI=1S/C15H19N5O2S.C2HF3O2/c1-9-5-11(8-20-7-10(2)18-13(9)20)14(22)17-6-12(21)19-15-16-3-4-23-15;3-2(4,5)1(6)7/h3-4,7,9,11H,5-6,8H2,1-2H3,(H,17,22)(H,16,19,21);(H,6,7)/t9-,11+;/m1./s1. The molecule has 2 amide bonds. The molecule has 3 heterocycles. The van der Waals surface area contributed by atoms with Gasteiger partial charge in [-0.15, -0.1) is 11.3 Å². The van der Waals surface area contributed by atoms with E-state index in [9.17, 15) is 22.8 Å². The molecule has 0 saturated carbocycles. The van der Waals surface area contributed by atoms with E-state index in [0.717, 1.165) is 17.9 Å². The van der Waals surface area contributed by atoms with Gasteiger partial charge in [0, 0.05) is 30.2 Å². The third-order valence-corrected chi connectivity index (χ3v) is 4.83. The number of fused-ring (bicyclic) bond motifs is 1. The van der Waals surface area contributed by atoms with E-state index in [0.29, 0.717) is 11.7 Å². The van der Waals surface area contributed by atoms with E-state index in [4.69, 9.17) is 9.90 Å². The number of anilines is 1. The van der Waals surface area contributed by atoms with Crippen molar-refractivity contribution in [3.05, 3.63) is 29.3 Å². The van der Waals surface area contributed by atoms with Crippen LogP contribution in [-0.4, -0.2) is 50.1 Å². The number of imidazole rings is 1. The first-order chi connectivity index (χ1) is 14.0. The molecule has 13 heteroatoms. The van der Waals surface area contributed by atoms with Crippen LogP contribution in [0.2, 0.25) is 0 Å². The fraction of sp³-hybridized carbons (Fsp3) is 0.471. The van der Waals surface area contributed by atoms with E-state index in [1.807, 2.05) is 17.7 Å². The highest BCUT2D eigenvalue weighted by molar-refractivity contribution is 7.13. The number of nitrogens with one attached hydrogen (secondary N) is 2. The van der Waals surface area contributed by atoms with Crippen molar-refractivity contribution in [2.24, 2.45) is 5.92 Å². The van der Waals surface area contributed by atoms with E-state index in [-0.39, 0.29) is 30.2 Å². The van der Waals surface area contributed by atoms with E-state index in [1.54, 1.807) is 11.6 Å². The van der Waals surface area contributed by atoms with Crippen LogP contribution in [0.15, 0.2) is 17.8 Å². The number of carbonyl (C=O) groups is 3. The minimum absolute atomic E-state index is 0.0426. The summed E-state index contributed by atoms with van der Waals surface area (Å²) in [5.74, 6) is -1.99. The minimum atomic E-state index is -5.08. The number of amides is 2. The van der Waals surface area contributed by atoms with Crippen molar-refractivity contribution in [3.63, 3.8) is 0 Å². The van der Waals surface area contributed by atoms with Crippen LogP contribution in [0, 0.1) is 12.8 Å². The molecular formula is C17H20F3N5O4S. The molecule has 1 aliphatic heterocycles. The van der Waals surface area contributed by atoms with Crippen LogP contribution in [0.25, 0.3) is 0 Å². The summed E-state index contributed by atoms with van der Waals surface area (Å²) in [6.45, 7) is 4.60. The van der Waals surface area contributed by atoms with Crippen LogP contribution in [0.5, 0.6) is 0 Å². The zero-order valence-corrected chi connectivity index (χ0v) is 16.9. The summed E-state index contributed by atoms with van der Waals surface area (Å²) in [6, 6.07) is 0. The highest BCUT2D eigenvalue weighted by Crippen LogP contribution is 2.30. The zero-order chi connectivity index (χ0) is 22.5. The molecule has 0 fully saturated rings. The van der Waals surface area contributed by atoms with Crippen molar-refractivity contribution in [2.45, 2.75) is 38.9 Å². The fourth-order valence-corrected chi connectivity index (χ4v) is 3.44. The Morgan fingerprint density at radius 2 is 2.03 bits per heavy atom. The monoisotopic (exact) mass is 447 g/mol. The maximum absolute atomic E-state index is 12.3. The average molecular weight is 447 g/mol. The Labute approximate surface area is 173 Å². The number of carboxylic acid groups (broad SMARTS) is 1. The Balaban J connectivity index is 0.000000396. The lowest BCUT2D eigenvalue weighted by Crippen LogP contribution is -2.40. The van der Waals surface area contributed by atoms with Gasteiger partial charge in [0.15, 0.2) is 5.13 Å². The highest BCUT2D eigenvalue weighted by atomic mass is 32.1. The molecule has 1 aliphatic rings. The van der Waals surface area contributed by atoms with Crippen LogP contribution < -0.4 is 10.6 Å². The zero-order valence-electron chi connectivity index (χ0n) is 16.1. The summed E-state index contributed by atoms with van der Waals surface area (Å²) in [5.41, 5.74) is 0.968. The smallest absolute Gasteiger partial charge is 0.475 e. The van der Waals surface area contributed by atoms with Crippen molar-refractivity contribution in [2.75, 3.05) is 11.9 Å². The molecular weight excluding hydrogens is 427 g/mol. The topological polar surface area (TPSA) is 126 Å². The van der Waals surface area contributed by atoms with Crippen LogP contribution in [0.4, 0.5) is 18.3 Å². The lowest BCUT2D eigenvalue weighted by molar-refractivity contribution is -0.192. The number of aliphatic carboxylic acids is 1. The molecule has 0 aliphatic carbocycles. The number of thiazole rings is 1.